The van der Waals surface area contributed by atoms with Crippen molar-refractivity contribution in [2.75, 3.05) is 4.90 Å². The second-order valence-electron chi connectivity index (χ2n) is 10.6. The number of benzene rings is 7. The van der Waals surface area contributed by atoms with Gasteiger partial charge in [0.1, 0.15) is 0 Å². The minimum absolute atomic E-state index is 1.13. The first-order valence-corrected chi connectivity index (χ1v) is 15.1. The molecule has 0 aliphatic heterocycles. The van der Waals surface area contributed by atoms with Crippen LogP contribution in [0.1, 0.15) is 0 Å². The second kappa shape index (κ2) is 10.3. The number of anilines is 3. The number of thiophene rings is 1. The topological polar surface area (TPSA) is 3.24 Å². The van der Waals surface area contributed by atoms with Gasteiger partial charge in [-0.1, -0.05) is 121 Å². The second-order valence-corrected chi connectivity index (χ2v) is 11.6. The van der Waals surface area contributed by atoms with Crippen LogP contribution in [0.25, 0.3) is 53.2 Å². The summed E-state index contributed by atoms with van der Waals surface area (Å²) in [4.78, 5) is 2.35. The fourth-order valence-corrected chi connectivity index (χ4v) is 7.29. The van der Waals surface area contributed by atoms with Gasteiger partial charge in [-0.3, -0.25) is 0 Å². The van der Waals surface area contributed by atoms with Gasteiger partial charge in [0.25, 0.3) is 0 Å². The lowest BCUT2D eigenvalue weighted by Gasteiger charge is -2.26. The minimum Gasteiger partial charge on any atom is -0.310 e. The lowest BCUT2D eigenvalue weighted by Crippen LogP contribution is -2.09. The molecule has 0 aliphatic rings. The molecule has 1 nitrogen and oxygen atoms in total. The summed E-state index contributed by atoms with van der Waals surface area (Å²) < 4.78 is 2.69. The molecule has 1 heterocycles. The van der Waals surface area contributed by atoms with Gasteiger partial charge in [0.05, 0.1) is 0 Å². The van der Waals surface area contributed by atoms with Crippen molar-refractivity contribution in [3.63, 3.8) is 0 Å². The van der Waals surface area contributed by atoms with Gasteiger partial charge in [-0.2, -0.15) is 0 Å². The Morgan fingerprint density at radius 2 is 0.952 bits per heavy atom. The maximum atomic E-state index is 2.35. The van der Waals surface area contributed by atoms with Crippen molar-refractivity contribution in [3.05, 3.63) is 164 Å². The Hall–Kier alpha value is -5.18. The van der Waals surface area contributed by atoms with E-state index in [4.69, 9.17) is 0 Å². The summed E-state index contributed by atoms with van der Waals surface area (Å²) in [5, 5.41) is 5.23. The summed E-state index contributed by atoms with van der Waals surface area (Å²) in [6, 6.07) is 59.0. The molecular weight excluding hydrogens is 527 g/mol. The molecule has 7 aromatic carbocycles. The number of fused-ring (bicyclic) bond motifs is 5. The van der Waals surface area contributed by atoms with Crippen LogP contribution >= 0.6 is 11.3 Å². The Kier molecular flexibility index (Phi) is 6.05. The largest absolute Gasteiger partial charge is 0.310 e. The summed E-state index contributed by atoms with van der Waals surface area (Å²) in [6.07, 6.45) is 0. The molecule has 1 aromatic heterocycles. The molecule has 0 N–H and O–H groups in total. The first kappa shape index (κ1) is 24.6. The Morgan fingerprint density at radius 1 is 0.381 bits per heavy atom. The molecule has 0 bridgehead atoms. The highest BCUT2D eigenvalue weighted by molar-refractivity contribution is 7.26. The molecular formula is C40H27NS. The van der Waals surface area contributed by atoms with Gasteiger partial charge in [0, 0.05) is 37.2 Å². The molecule has 0 fully saturated rings. The van der Waals surface area contributed by atoms with E-state index in [1.54, 1.807) is 0 Å². The highest BCUT2D eigenvalue weighted by Gasteiger charge is 2.15. The van der Waals surface area contributed by atoms with Crippen LogP contribution in [0, 0.1) is 0 Å². The van der Waals surface area contributed by atoms with Crippen molar-refractivity contribution < 1.29 is 0 Å². The molecule has 8 aromatic rings. The summed E-state index contributed by atoms with van der Waals surface area (Å²) in [5.74, 6) is 0. The van der Waals surface area contributed by atoms with Crippen LogP contribution in [0.5, 0.6) is 0 Å². The monoisotopic (exact) mass is 553 g/mol. The third-order valence-corrected chi connectivity index (χ3v) is 9.28. The van der Waals surface area contributed by atoms with Gasteiger partial charge in [-0.05, 0) is 75.5 Å². The fraction of sp³-hybridized carbons (Fsp3) is 0. The van der Waals surface area contributed by atoms with E-state index in [0.717, 1.165) is 17.1 Å². The number of para-hydroxylation sites is 1. The van der Waals surface area contributed by atoms with Crippen molar-refractivity contribution in [2.24, 2.45) is 0 Å². The molecule has 0 radical (unpaired) electrons. The standard InChI is InChI=1S/C40H27NS/c1-3-11-28(12-4-1)34-15-7-8-16-35(34)29-19-22-32(23-20-29)41(31-13-5-2-6-14-31)33-24-26-36-30(27-33)21-25-38-37-17-9-10-18-39(37)42-40(36)38/h1-27H. The van der Waals surface area contributed by atoms with Crippen molar-refractivity contribution in [1.82, 2.24) is 0 Å². The molecule has 0 aliphatic carbocycles. The van der Waals surface area contributed by atoms with E-state index in [9.17, 15) is 0 Å². The Labute approximate surface area is 249 Å². The molecule has 2 heteroatoms. The zero-order chi connectivity index (χ0) is 27.9. The molecule has 0 amide bonds. The average molecular weight is 554 g/mol. The van der Waals surface area contributed by atoms with E-state index in [1.165, 1.54) is 53.2 Å². The average Bonchev–Trinajstić information content (AvgIpc) is 3.45. The number of nitrogens with zero attached hydrogens (tertiary/aromatic N) is 1. The van der Waals surface area contributed by atoms with Gasteiger partial charge in [-0.25, -0.2) is 0 Å². The lowest BCUT2D eigenvalue weighted by molar-refractivity contribution is 1.29. The van der Waals surface area contributed by atoms with E-state index < -0.39 is 0 Å². The van der Waals surface area contributed by atoms with Crippen molar-refractivity contribution >= 4 is 59.3 Å². The third kappa shape index (κ3) is 4.25. The first-order chi connectivity index (χ1) is 20.8. The number of rotatable bonds is 5. The van der Waals surface area contributed by atoms with E-state index in [1.807, 2.05) is 11.3 Å². The van der Waals surface area contributed by atoms with Gasteiger partial charge in [-0.15, -0.1) is 11.3 Å². The van der Waals surface area contributed by atoms with Crippen LogP contribution in [-0.4, -0.2) is 0 Å². The van der Waals surface area contributed by atoms with Gasteiger partial charge in [0.2, 0.25) is 0 Å². The minimum atomic E-state index is 1.13. The molecule has 0 saturated heterocycles. The van der Waals surface area contributed by atoms with E-state index in [0.29, 0.717) is 0 Å². The summed E-state index contributed by atoms with van der Waals surface area (Å²) in [7, 11) is 0. The molecule has 8 rings (SSSR count). The Balaban J connectivity index is 1.23. The highest BCUT2D eigenvalue weighted by Crippen LogP contribution is 2.42. The molecule has 198 valence electrons. The Bertz CT molecular complexity index is 2180. The van der Waals surface area contributed by atoms with E-state index >= 15 is 0 Å². The highest BCUT2D eigenvalue weighted by atomic mass is 32.1. The van der Waals surface area contributed by atoms with Gasteiger partial charge < -0.3 is 4.90 Å². The zero-order valence-electron chi connectivity index (χ0n) is 22.9. The van der Waals surface area contributed by atoms with E-state index in [2.05, 4.69) is 169 Å². The Morgan fingerprint density at radius 3 is 1.71 bits per heavy atom. The van der Waals surface area contributed by atoms with Gasteiger partial charge >= 0.3 is 0 Å². The predicted octanol–water partition coefficient (Wildman–Crippen LogP) is 12.0. The SMILES string of the molecule is c1ccc(-c2ccccc2-c2ccc(N(c3ccccc3)c3ccc4c(ccc5c6ccccc6sc45)c3)cc2)cc1. The van der Waals surface area contributed by atoms with Crippen LogP contribution in [-0.2, 0) is 0 Å². The molecule has 0 spiro atoms. The number of hydrogen-bond acceptors (Lipinski definition) is 2. The summed E-state index contributed by atoms with van der Waals surface area (Å²) >= 11 is 1.88. The fourth-order valence-electron chi connectivity index (χ4n) is 6.06. The lowest BCUT2D eigenvalue weighted by atomic mass is 9.94. The first-order valence-electron chi connectivity index (χ1n) is 14.3. The molecule has 0 atom stereocenters. The van der Waals surface area contributed by atoms with E-state index in [-0.39, 0.29) is 0 Å². The normalized spacial score (nSPS) is 11.3. The molecule has 0 saturated carbocycles. The predicted molar refractivity (Wildman–Crippen MR) is 182 cm³/mol. The van der Waals surface area contributed by atoms with Gasteiger partial charge in [0.15, 0.2) is 0 Å². The maximum Gasteiger partial charge on any atom is 0.0468 e. The van der Waals surface area contributed by atoms with Crippen molar-refractivity contribution in [2.45, 2.75) is 0 Å². The maximum absolute atomic E-state index is 2.35. The third-order valence-electron chi connectivity index (χ3n) is 8.06. The summed E-state index contributed by atoms with van der Waals surface area (Å²) in [5.41, 5.74) is 8.32. The van der Waals surface area contributed by atoms with Crippen LogP contribution in [0.15, 0.2) is 164 Å². The quantitative estimate of drug-likeness (QED) is 0.205. The van der Waals surface area contributed by atoms with Crippen molar-refractivity contribution in [3.8, 4) is 22.3 Å². The van der Waals surface area contributed by atoms with Crippen LogP contribution in [0.4, 0.5) is 17.1 Å². The smallest absolute Gasteiger partial charge is 0.0468 e. The van der Waals surface area contributed by atoms with Crippen molar-refractivity contribution in [1.29, 1.82) is 0 Å². The number of hydrogen-bond donors (Lipinski definition) is 0. The molecule has 0 unspecified atom stereocenters. The molecule has 42 heavy (non-hydrogen) atoms. The summed E-state index contributed by atoms with van der Waals surface area (Å²) in [6.45, 7) is 0. The van der Waals surface area contributed by atoms with Crippen LogP contribution < -0.4 is 4.90 Å². The van der Waals surface area contributed by atoms with Crippen LogP contribution in [0.3, 0.4) is 0 Å². The van der Waals surface area contributed by atoms with Crippen LogP contribution in [0.2, 0.25) is 0 Å². The zero-order valence-corrected chi connectivity index (χ0v) is 23.8.